The van der Waals surface area contributed by atoms with E-state index < -0.39 is 0 Å². The number of nitrogens with zero attached hydrogens (tertiary/aromatic N) is 1. The van der Waals surface area contributed by atoms with E-state index in [0.717, 1.165) is 15.6 Å². The summed E-state index contributed by atoms with van der Waals surface area (Å²) >= 11 is 15.0. The number of fused-ring (bicyclic) bond motifs is 1. The zero-order chi connectivity index (χ0) is 22.1. The van der Waals surface area contributed by atoms with Crippen molar-refractivity contribution in [2.45, 2.75) is 13.8 Å². The normalized spacial score (nSPS) is 10.8. The number of hydrogen-bond acceptors (Lipinski definition) is 4. The molecule has 0 saturated carbocycles. The van der Waals surface area contributed by atoms with Gasteiger partial charge in [0.25, 0.3) is 5.91 Å². The largest absolute Gasteiger partial charge is 0.436 e. The third-order valence-electron chi connectivity index (χ3n) is 4.66. The summed E-state index contributed by atoms with van der Waals surface area (Å²) in [6.07, 6.45) is 0. The highest BCUT2D eigenvalue weighted by Gasteiger charge is 2.14. The van der Waals surface area contributed by atoms with Crippen LogP contribution in [-0.2, 0) is 0 Å². The number of aryl methyl sites for hydroxylation is 2. The molecule has 0 aliphatic heterocycles. The fourth-order valence-corrected chi connectivity index (χ4v) is 3.95. The zero-order valence-corrected chi connectivity index (χ0v) is 19.8. The van der Waals surface area contributed by atoms with E-state index in [0.29, 0.717) is 38.8 Å². The number of rotatable bonds is 3. The van der Waals surface area contributed by atoms with Gasteiger partial charge in [0.05, 0.1) is 10.6 Å². The van der Waals surface area contributed by atoms with Crippen molar-refractivity contribution >= 4 is 67.6 Å². The van der Waals surface area contributed by atoms with Crippen LogP contribution >= 0.6 is 39.7 Å². The van der Waals surface area contributed by atoms with E-state index in [9.17, 15) is 4.79 Å². The first-order valence-electron chi connectivity index (χ1n) is 9.36. The molecule has 0 radical (unpaired) electrons. The van der Waals surface area contributed by atoms with Crippen molar-refractivity contribution in [2.75, 3.05) is 5.32 Å². The number of amides is 1. The van der Waals surface area contributed by atoms with Crippen LogP contribution in [0.15, 0.2) is 63.5 Å². The molecule has 0 spiro atoms. The summed E-state index contributed by atoms with van der Waals surface area (Å²) in [5.41, 5.74) is 5.19. The van der Waals surface area contributed by atoms with Gasteiger partial charge in [0.1, 0.15) is 5.52 Å². The molecule has 4 rings (SSSR count). The second-order valence-electron chi connectivity index (χ2n) is 7.05. The monoisotopic (exact) mass is 513 g/mol. The van der Waals surface area contributed by atoms with Gasteiger partial charge in [-0.25, -0.2) is 4.98 Å². The minimum Gasteiger partial charge on any atom is -0.436 e. The van der Waals surface area contributed by atoms with E-state index in [4.69, 9.17) is 28.2 Å². The first-order chi connectivity index (χ1) is 14.8. The molecule has 0 saturated heterocycles. The summed E-state index contributed by atoms with van der Waals surface area (Å²) < 4.78 is 6.72. The molecule has 3 aromatic carbocycles. The average molecular weight is 515 g/mol. The smallest absolute Gasteiger partial charge is 0.257 e. The molecule has 1 aromatic heterocycles. The number of thiocarbonyl (C=S) groups is 1. The molecular weight excluding hydrogens is 498 g/mol. The molecule has 156 valence electrons. The summed E-state index contributed by atoms with van der Waals surface area (Å²) in [7, 11) is 0. The molecular formula is C23H17BrClN3O2S. The van der Waals surface area contributed by atoms with Crippen LogP contribution in [0.5, 0.6) is 0 Å². The van der Waals surface area contributed by atoms with E-state index >= 15 is 0 Å². The Morgan fingerprint density at radius 3 is 2.68 bits per heavy atom. The minimum atomic E-state index is -0.260. The van der Waals surface area contributed by atoms with Crippen LogP contribution in [0.1, 0.15) is 21.5 Å². The van der Waals surface area contributed by atoms with E-state index in [2.05, 4.69) is 31.5 Å². The molecule has 0 fully saturated rings. The molecule has 1 amide bonds. The van der Waals surface area contributed by atoms with Gasteiger partial charge in [-0.1, -0.05) is 45.2 Å². The molecule has 1 heterocycles. The second kappa shape index (κ2) is 8.78. The van der Waals surface area contributed by atoms with E-state index in [1.54, 1.807) is 30.3 Å². The van der Waals surface area contributed by atoms with Crippen LogP contribution in [0.3, 0.4) is 0 Å². The number of nitrogens with one attached hydrogen (secondary N) is 2. The fourth-order valence-electron chi connectivity index (χ4n) is 3.18. The Balaban J connectivity index is 1.51. The molecule has 2 N–H and O–H groups in total. The van der Waals surface area contributed by atoms with E-state index in [-0.39, 0.29) is 11.0 Å². The van der Waals surface area contributed by atoms with Crippen LogP contribution in [0.2, 0.25) is 5.02 Å². The number of anilines is 1. The number of aromatic nitrogens is 1. The van der Waals surface area contributed by atoms with Crippen molar-refractivity contribution in [3.8, 4) is 11.5 Å². The van der Waals surface area contributed by atoms with Gasteiger partial charge in [0.15, 0.2) is 10.7 Å². The van der Waals surface area contributed by atoms with Crippen molar-refractivity contribution in [3.63, 3.8) is 0 Å². The Labute approximate surface area is 197 Å². The lowest BCUT2D eigenvalue weighted by Gasteiger charge is -2.11. The predicted octanol–water partition coefficient (Wildman–Crippen LogP) is 6.65. The minimum absolute atomic E-state index is 0.197. The highest BCUT2D eigenvalue weighted by molar-refractivity contribution is 9.10. The highest BCUT2D eigenvalue weighted by atomic mass is 79.9. The molecule has 4 aromatic rings. The standard InChI is InChI=1S/C23H17BrClN3O2S/c1-12-3-6-16(13(2)9-12)21(29)28-23(31)26-15-5-8-20-19(11-15)27-22(30-20)17-10-14(24)4-7-18(17)25/h3-11H,1-2H3,(H2,26,28,29,31). The van der Waals surface area contributed by atoms with E-state index in [1.807, 2.05) is 38.1 Å². The number of benzene rings is 3. The van der Waals surface area contributed by atoms with Crippen LogP contribution in [0.4, 0.5) is 5.69 Å². The molecule has 0 unspecified atom stereocenters. The first kappa shape index (κ1) is 21.5. The van der Waals surface area contributed by atoms with Crippen LogP contribution in [-0.4, -0.2) is 16.0 Å². The zero-order valence-electron chi connectivity index (χ0n) is 16.6. The van der Waals surface area contributed by atoms with Gasteiger partial charge < -0.3 is 9.73 Å². The van der Waals surface area contributed by atoms with Crippen molar-refractivity contribution in [3.05, 3.63) is 80.8 Å². The van der Waals surface area contributed by atoms with Crippen molar-refractivity contribution < 1.29 is 9.21 Å². The third-order valence-corrected chi connectivity index (χ3v) is 5.68. The maximum Gasteiger partial charge on any atom is 0.257 e. The Bertz CT molecular complexity index is 1340. The van der Waals surface area contributed by atoms with Gasteiger partial charge in [-0.15, -0.1) is 0 Å². The lowest BCUT2D eigenvalue weighted by atomic mass is 10.1. The third kappa shape index (κ3) is 4.79. The Morgan fingerprint density at radius 2 is 1.90 bits per heavy atom. The lowest BCUT2D eigenvalue weighted by Crippen LogP contribution is -2.34. The highest BCUT2D eigenvalue weighted by Crippen LogP contribution is 2.32. The maximum absolute atomic E-state index is 12.5. The Hall–Kier alpha value is -2.74. The summed E-state index contributed by atoms with van der Waals surface area (Å²) in [5.74, 6) is 0.160. The van der Waals surface area contributed by atoms with Gasteiger partial charge in [-0.3, -0.25) is 10.1 Å². The first-order valence-corrected chi connectivity index (χ1v) is 10.9. The van der Waals surface area contributed by atoms with Crippen molar-refractivity contribution in [1.29, 1.82) is 0 Å². The van der Waals surface area contributed by atoms with Crippen LogP contribution < -0.4 is 10.6 Å². The number of carbonyl (C=O) groups excluding carboxylic acids is 1. The van der Waals surface area contributed by atoms with Crippen LogP contribution in [0, 0.1) is 13.8 Å². The van der Waals surface area contributed by atoms with E-state index in [1.165, 1.54) is 0 Å². The molecule has 0 aliphatic carbocycles. The summed E-state index contributed by atoms with van der Waals surface area (Å²) in [6, 6.07) is 16.5. The van der Waals surface area contributed by atoms with Gasteiger partial charge >= 0.3 is 0 Å². The van der Waals surface area contributed by atoms with Crippen LogP contribution in [0.25, 0.3) is 22.6 Å². The summed E-state index contributed by atoms with van der Waals surface area (Å²) in [5, 5.41) is 6.47. The Kier molecular flexibility index (Phi) is 6.09. The molecule has 0 aliphatic rings. The quantitative estimate of drug-likeness (QED) is 0.299. The molecule has 8 heteroatoms. The number of oxazole rings is 1. The van der Waals surface area contributed by atoms with Gasteiger partial charge in [0.2, 0.25) is 5.89 Å². The second-order valence-corrected chi connectivity index (χ2v) is 8.78. The average Bonchev–Trinajstić information content (AvgIpc) is 3.12. The van der Waals surface area contributed by atoms with Gasteiger partial charge in [-0.2, -0.15) is 0 Å². The number of halogens is 2. The van der Waals surface area contributed by atoms with Gasteiger partial charge in [0, 0.05) is 15.7 Å². The number of hydrogen-bond donors (Lipinski definition) is 2. The van der Waals surface area contributed by atoms with Crippen molar-refractivity contribution in [1.82, 2.24) is 10.3 Å². The molecule has 0 atom stereocenters. The molecule has 0 bridgehead atoms. The number of carbonyl (C=O) groups is 1. The van der Waals surface area contributed by atoms with Gasteiger partial charge in [-0.05, 0) is 74.1 Å². The summed E-state index contributed by atoms with van der Waals surface area (Å²) in [4.78, 5) is 17.1. The lowest BCUT2D eigenvalue weighted by molar-refractivity contribution is 0.0977. The Morgan fingerprint density at radius 1 is 1.10 bits per heavy atom. The predicted molar refractivity (Wildman–Crippen MR) is 132 cm³/mol. The van der Waals surface area contributed by atoms with Crippen molar-refractivity contribution in [2.24, 2.45) is 0 Å². The molecule has 31 heavy (non-hydrogen) atoms. The fraction of sp³-hybridized carbons (Fsp3) is 0.0870. The summed E-state index contributed by atoms with van der Waals surface area (Å²) in [6.45, 7) is 3.88. The SMILES string of the molecule is Cc1ccc(C(=O)NC(=S)Nc2ccc3oc(-c4cc(Br)ccc4Cl)nc3c2)c(C)c1. The topological polar surface area (TPSA) is 67.2 Å². The maximum atomic E-state index is 12.5. The molecule has 5 nitrogen and oxygen atoms in total.